The fraction of sp³-hybridized carbons (Fsp3) is 0.300. The Morgan fingerprint density at radius 3 is 2.83 bits per heavy atom. The SMILES string of the molecule is CC(CNS(=O)(=O)c1cccc(Cl)c1)C(N)=NO. The van der Waals surface area contributed by atoms with Crippen LogP contribution in [0.4, 0.5) is 0 Å². The van der Waals surface area contributed by atoms with Crippen molar-refractivity contribution in [2.75, 3.05) is 6.54 Å². The molecule has 100 valence electrons. The van der Waals surface area contributed by atoms with Crippen LogP contribution in [0.2, 0.25) is 5.02 Å². The van der Waals surface area contributed by atoms with E-state index in [0.29, 0.717) is 5.02 Å². The molecule has 0 radical (unpaired) electrons. The summed E-state index contributed by atoms with van der Waals surface area (Å²) < 4.78 is 26.1. The van der Waals surface area contributed by atoms with Gasteiger partial charge in [0.05, 0.1) is 4.90 Å². The molecule has 0 saturated heterocycles. The highest BCUT2D eigenvalue weighted by Crippen LogP contribution is 2.15. The maximum absolute atomic E-state index is 11.9. The second-order valence-electron chi connectivity index (χ2n) is 3.74. The Labute approximate surface area is 110 Å². The zero-order valence-corrected chi connectivity index (χ0v) is 11.2. The third-order valence-corrected chi connectivity index (χ3v) is 3.96. The van der Waals surface area contributed by atoms with Crippen LogP contribution in [0.15, 0.2) is 34.3 Å². The van der Waals surface area contributed by atoms with Crippen molar-refractivity contribution in [2.24, 2.45) is 16.8 Å². The van der Waals surface area contributed by atoms with Crippen molar-refractivity contribution in [2.45, 2.75) is 11.8 Å². The van der Waals surface area contributed by atoms with Gasteiger partial charge in [-0.1, -0.05) is 29.7 Å². The van der Waals surface area contributed by atoms with Crippen molar-refractivity contribution in [1.82, 2.24) is 4.72 Å². The normalized spacial score (nSPS) is 14.4. The summed E-state index contributed by atoms with van der Waals surface area (Å²) in [4.78, 5) is 0.0710. The van der Waals surface area contributed by atoms with Gasteiger partial charge in [0.25, 0.3) is 0 Å². The lowest BCUT2D eigenvalue weighted by atomic mass is 10.2. The van der Waals surface area contributed by atoms with Crippen LogP contribution in [0.5, 0.6) is 0 Å². The zero-order chi connectivity index (χ0) is 13.8. The second-order valence-corrected chi connectivity index (χ2v) is 5.94. The maximum atomic E-state index is 11.9. The third kappa shape index (κ3) is 3.86. The number of halogens is 1. The number of amidine groups is 1. The van der Waals surface area contributed by atoms with Gasteiger partial charge in [0.1, 0.15) is 5.84 Å². The van der Waals surface area contributed by atoms with E-state index in [-0.39, 0.29) is 17.3 Å². The number of sulfonamides is 1. The lowest BCUT2D eigenvalue weighted by molar-refractivity contribution is 0.314. The molecule has 0 aliphatic heterocycles. The van der Waals surface area contributed by atoms with Crippen LogP contribution >= 0.6 is 11.6 Å². The molecule has 1 rings (SSSR count). The monoisotopic (exact) mass is 291 g/mol. The molecule has 6 nitrogen and oxygen atoms in total. The molecule has 4 N–H and O–H groups in total. The Balaban J connectivity index is 2.78. The molecule has 0 aliphatic carbocycles. The minimum Gasteiger partial charge on any atom is -0.409 e. The van der Waals surface area contributed by atoms with Gasteiger partial charge in [0.2, 0.25) is 10.0 Å². The lowest BCUT2D eigenvalue weighted by Gasteiger charge is -2.11. The van der Waals surface area contributed by atoms with Crippen molar-refractivity contribution >= 4 is 27.5 Å². The van der Waals surface area contributed by atoms with Crippen LogP contribution in [0.25, 0.3) is 0 Å². The van der Waals surface area contributed by atoms with Gasteiger partial charge in [-0.05, 0) is 18.2 Å². The molecule has 18 heavy (non-hydrogen) atoms. The largest absolute Gasteiger partial charge is 0.409 e. The first-order valence-corrected chi connectivity index (χ1v) is 6.95. The molecular formula is C10H14ClN3O3S. The Hall–Kier alpha value is -1.31. The fourth-order valence-corrected chi connectivity index (χ4v) is 2.59. The Morgan fingerprint density at radius 2 is 2.28 bits per heavy atom. The summed E-state index contributed by atoms with van der Waals surface area (Å²) in [5, 5.41) is 11.6. The quantitative estimate of drug-likeness (QED) is 0.326. The third-order valence-electron chi connectivity index (χ3n) is 2.31. The zero-order valence-electron chi connectivity index (χ0n) is 9.67. The number of nitrogens with one attached hydrogen (secondary N) is 1. The Morgan fingerprint density at radius 1 is 1.61 bits per heavy atom. The van der Waals surface area contributed by atoms with E-state index in [4.69, 9.17) is 22.5 Å². The van der Waals surface area contributed by atoms with Crippen molar-refractivity contribution < 1.29 is 13.6 Å². The van der Waals surface area contributed by atoms with Crippen molar-refractivity contribution in [3.63, 3.8) is 0 Å². The van der Waals surface area contributed by atoms with E-state index in [1.54, 1.807) is 19.1 Å². The molecule has 0 aromatic heterocycles. The minimum absolute atomic E-state index is 0.0325. The molecular weight excluding hydrogens is 278 g/mol. The molecule has 1 atom stereocenters. The average Bonchev–Trinajstić information content (AvgIpc) is 2.35. The molecule has 1 unspecified atom stereocenters. The van der Waals surface area contributed by atoms with Gasteiger partial charge in [0, 0.05) is 17.5 Å². The molecule has 0 bridgehead atoms. The maximum Gasteiger partial charge on any atom is 0.240 e. The highest BCUT2D eigenvalue weighted by molar-refractivity contribution is 7.89. The summed E-state index contributed by atoms with van der Waals surface area (Å²) >= 11 is 5.72. The standard InChI is InChI=1S/C10H14ClN3O3S/c1-7(10(12)14-15)6-13-18(16,17)9-4-2-3-8(11)5-9/h2-5,7,13,15H,6H2,1H3,(H2,12,14). The van der Waals surface area contributed by atoms with Gasteiger partial charge < -0.3 is 10.9 Å². The van der Waals surface area contributed by atoms with Gasteiger partial charge >= 0.3 is 0 Å². The number of nitrogens with zero attached hydrogens (tertiary/aromatic N) is 1. The Kier molecular flexibility index (Phi) is 4.94. The molecule has 1 aromatic carbocycles. The highest BCUT2D eigenvalue weighted by atomic mass is 35.5. The van der Waals surface area contributed by atoms with Crippen LogP contribution in [0.1, 0.15) is 6.92 Å². The summed E-state index contributed by atoms with van der Waals surface area (Å²) in [6, 6.07) is 5.91. The number of oxime groups is 1. The smallest absolute Gasteiger partial charge is 0.240 e. The molecule has 0 heterocycles. The predicted molar refractivity (Wildman–Crippen MR) is 69.2 cm³/mol. The van der Waals surface area contributed by atoms with E-state index in [0.717, 1.165) is 0 Å². The summed E-state index contributed by atoms with van der Waals surface area (Å²) in [6.45, 7) is 1.67. The van der Waals surface area contributed by atoms with Crippen molar-refractivity contribution in [3.8, 4) is 0 Å². The van der Waals surface area contributed by atoms with Gasteiger partial charge in [-0.3, -0.25) is 0 Å². The van der Waals surface area contributed by atoms with Gasteiger partial charge in [-0.25, -0.2) is 13.1 Å². The summed E-state index contributed by atoms with van der Waals surface area (Å²) in [7, 11) is -3.65. The first kappa shape index (κ1) is 14.7. The van der Waals surface area contributed by atoms with Crippen LogP contribution in [0.3, 0.4) is 0 Å². The van der Waals surface area contributed by atoms with Gasteiger partial charge in [-0.15, -0.1) is 0 Å². The van der Waals surface area contributed by atoms with Crippen molar-refractivity contribution in [1.29, 1.82) is 0 Å². The summed E-state index contributed by atoms with van der Waals surface area (Å²) in [6.07, 6.45) is 0. The number of benzene rings is 1. The molecule has 0 spiro atoms. The summed E-state index contributed by atoms with van der Waals surface area (Å²) in [5.41, 5.74) is 5.35. The van der Waals surface area contributed by atoms with Crippen LogP contribution in [-0.2, 0) is 10.0 Å². The van der Waals surface area contributed by atoms with Gasteiger partial charge in [0.15, 0.2) is 0 Å². The van der Waals surface area contributed by atoms with Crippen LogP contribution in [0, 0.1) is 5.92 Å². The first-order chi connectivity index (χ1) is 8.36. The van der Waals surface area contributed by atoms with E-state index < -0.39 is 15.9 Å². The van der Waals surface area contributed by atoms with E-state index in [1.807, 2.05) is 0 Å². The first-order valence-electron chi connectivity index (χ1n) is 5.09. The number of nitrogens with two attached hydrogens (primary N) is 1. The number of hydrogen-bond acceptors (Lipinski definition) is 4. The van der Waals surface area contributed by atoms with E-state index in [1.165, 1.54) is 12.1 Å². The van der Waals surface area contributed by atoms with E-state index in [9.17, 15) is 8.42 Å². The van der Waals surface area contributed by atoms with E-state index >= 15 is 0 Å². The highest BCUT2D eigenvalue weighted by Gasteiger charge is 2.16. The van der Waals surface area contributed by atoms with Crippen molar-refractivity contribution in [3.05, 3.63) is 29.3 Å². The van der Waals surface area contributed by atoms with Gasteiger partial charge in [-0.2, -0.15) is 0 Å². The van der Waals surface area contributed by atoms with Crippen LogP contribution < -0.4 is 10.5 Å². The second kappa shape index (κ2) is 6.03. The molecule has 8 heteroatoms. The lowest BCUT2D eigenvalue weighted by Crippen LogP contribution is -2.34. The molecule has 0 aliphatic rings. The average molecular weight is 292 g/mol. The Bertz CT molecular complexity index is 545. The minimum atomic E-state index is -3.65. The van der Waals surface area contributed by atoms with E-state index in [2.05, 4.69) is 9.88 Å². The molecule has 1 aromatic rings. The number of rotatable bonds is 5. The molecule has 0 amide bonds. The fourth-order valence-electron chi connectivity index (χ4n) is 1.16. The molecule has 0 fully saturated rings. The topological polar surface area (TPSA) is 105 Å². The summed E-state index contributed by atoms with van der Waals surface area (Å²) in [5.74, 6) is -0.451. The predicted octanol–water partition coefficient (Wildman–Crippen LogP) is 1.00. The number of hydrogen-bond donors (Lipinski definition) is 3. The van der Waals surface area contributed by atoms with Crippen LogP contribution in [-0.4, -0.2) is 26.0 Å². The molecule has 0 saturated carbocycles.